The smallest absolute Gasteiger partial charge is 0.266 e. The predicted molar refractivity (Wildman–Crippen MR) is 97.4 cm³/mol. The molecule has 0 radical (unpaired) electrons. The Balaban J connectivity index is 1.81. The first-order valence-electron chi connectivity index (χ1n) is 8.73. The second-order valence-corrected chi connectivity index (χ2v) is 6.63. The lowest BCUT2D eigenvalue weighted by molar-refractivity contribution is 0.601. The topological polar surface area (TPSA) is 76.5 Å². The quantitative estimate of drug-likeness (QED) is 0.731. The average molecular weight is 345 g/mol. The van der Waals surface area contributed by atoms with Crippen LogP contribution in [0.25, 0.3) is 5.69 Å². The Kier molecular flexibility index (Phi) is 3.92. The molecule has 1 aromatic carbocycles. The van der Waals surface area contributed by atoms with Gasteiger partial charge in [-0.3, -0.25) is 4.79 Å². The molecule has 0 fully saturated rings. The maximum atomic E-state index is 12.6. The van der Waals surface area contributed by atoms with E-state index in [0.29, 0.717) is 11.3 Å². The summed E-state index contributed by atoms with van der Waals surface area (Å²) in [5.74, 6) is 0. The van der Waals surface area contributed by atoms with Gasteiger partial charge in [0.05, 0.1) is 23.6 Å². The number of aryl methyl sites for hydroxylation is 1. The summed E-state index contributed by atoms with van der Waals surface area (Å²) >= 11 is 0. The van der Waals surface area contributed by atoms with Gasteiger partial charge in [0, 0.05) is 5.69 Å². The highest BCUT2D eigenvalue weighted by atomic mass is 16.1. The van der Waals surface area contributed by atoms with E-state index < -0.39 is 0 Å². The molecule has 6 heteroatoms. The summed E-state index contributed by atoms with van der Waals surface area (Å²) in [5.41, 5.74) is 5.46. The maximum Gasteiger partial charge on any atom is 0.285 e. The lowest BCUT2D eigenvalue weighted by atomic mass is 10.1. The summed E-state index contributed by atoms with van der Waals surface area (Å²) in [6.45, 7) is 3.87. The van der Waals surface area contributed by atoms with Crippen LogP contribution in [-0.2, 0) is 19.4 Å². The van der Waals surface area contributed by atoms with Gasteiger partial charge in [-0.05, 0) is 56.4 Å². The summed E-state index contributed by atoms with van der Waals surface area (Å²) in [4.78, 5) is 12.6. The van der Waals surface area contributed by atoms with Crippen molar-refractivity contribution in [3.63, 3.8) is 0 Å². The first-order valence-corrected chi connectivity index (χ1v) is 8.73. The molecule has 2 aromatic heterocycles. The van der Waals surface area contributed by atoms with Crippen LogP contribution >= 0.6 is 0 Å². The highest BCUT2D eigenvalue weighted by molar-refractivity contribution is 5.40. The molecule has 0 saturated heterocycles. The van der Waals surface area contributed by atoms with Crippen LogP contribution in [0.1, 0.15) is 40.2 Å². The second-order valence-electron chi connectivity index (χ2n) is 6.63. The van der Waals surface area contributed by atoms with Crippen molar-refractivity contribution < 1.29 is 0 Å². The van der Waals surface area contributed by atoms with Crippen molar-refractivity contribution in [1.82, 2.24) is 19.6 Å². The minimum Gasteiger partial charge on any atom is -0.266 e. The zero-order valence-electron chi connectivity index (χ0n) is 14.9. The molecular weight excluding hydrogens is 326 g/mol. The molecule has 0 amide bonds. The molecule has 0 saturated carbocycles. The van der Waals surface area contributed by atoms with Crippen molar-refractivity contribution in [3.05, 3.63) is 74.5 Å². The molecule has 0 bridgehead atoms. The number of aromatic nitrogens is 4. The fraction of sp³-hybridized carbons (Fsp3) is 0.300. The third-order valence-corrected chi connectivity index (χ3v) is 5.06. The van der Waals surface area contributed by atoms with Gasteiger partial charge in [0.1, 0.15) is 11.6 Å². The molecule has 4 rings (SSSR count). The first kappa shape index (κ1) is 16.3. The van der Waals surface area contributed by atoms with Crippen LogP contribution in [0.15, 0.2) is 35.1 Å². The number of benzene rings is 1. The van der Waals surface area contributed by atoms with Crippen LogP contribution in [0.2, 0.25) is 0 Å². The van der Waals surface area contributed by atoms with Gasteiger partial charge in [0.25, 0.3) is 5.56 Å². The highest BCUT2D eigenvalue weighted by Gasteiger charge is 2.24. The molecular formula is C20H19N5O. The zero-order valence-corrected chi connectivity index (χ0v) is 14.9. The van der Waals surface area contributed by atoms with E-state index in [4.69, 9.17) is 5.10 Å². The van der Waals surface area contributed by atoms with Gasteiger partial charge in [0.2, 0.25) is 0 Å². The summed E-state index contributed by atoms with van der Waals surface area (Å²) in [6, 6.07) is 12.0. The van der Waals surface area contributed by atoms with Crippen molar-refractivity contribution in [2.24, 2.45) is 0 Å². The molecule has 0 spiro atoms. The Labute approximate surface area is 151 Å². The summed E-state index contributed by atoms with van der Waals surface area (Å²) in [7, 11) is 0. The van der Waals surface area contributed by atoms with Gasteiger partial charge in [-0.2, -0.15) is 15.5 Å². The molecule has 2 heterocycles. The van der Waals surface area contributed by atoms with Gasteiger partial charge in [-0.25, -0.2) is 9.36 Å². The fourth-order valence-corrected chi connectivity index (χ4v) is 3.58. The van der Waals surface area contributed by atoms with E-state index >= 15 is 0 Å². The van der Waals surface area contributed by atoms with E-state index in [2.05, 4.69) is 5.10 Å². The van der Waals surface area contributed by atoms with Gasteiger partial charge in [-0.15, -0.1) is 0 Å². The molecule has 130 valence electrons. The monoisotopic (exact) mass is 345 g/mol. The molecule has 1 aliphatic rings. The van der Waals surface area contributed by atoms with Crippen LogP contribution in [0.3, 0.4) is 0 Å². The van der Waals surface area contributed by atoms with Crippen molar-refractivity contribution >= 4 is 0 Å². The van der Waals surface area contributed by atoms with Crippen molar-refractivity contribution in [2.75, 3.05) is 0 Å². The standard InChI is InChI=1S/C20H19N5O/c1-13-14(2)22-24(20(26)17(13)11-21)12-18-16-9-6-10-19(16)25(23-18)15-7-4-3-5-8-15/h3-5,7-8H,6,9-10,12H2,1-2H3. The number of hydrogen-bond acceptors (Lipinski definition) is 4. The largest absolute Gasteiger partial charge is 0.285 e. The van der Waals surface area contributed by atoms with E-state index in [1.807, 2.05) is 48.0 Å². The fourth-order valence-electron chi connectivity index (χ4n) is 3.58. The third kappa shape index (κ3) is 2.53. The predicted octanol–water partition coefficient (Wildman–Crippen LogP) is 2.45. The van der Waals surface area contributed by atoms with Gasteiger partial charge < -0.3 is 0 Å². The van der Waals surface area contributed by atoms with Crippen molar-refractivity contribution in [2.45, 2.75) is 39.7 Å². The Morgan fingerprint density at radius 3 is 2.65 bits per heavy atom. The van der Waals surface area contributed by atoms with E-state index in [1.165, 1.54) is 15.9 Å². The van der Waals surface area contributed by atoms with Crippen LogP contribution in [-0.4, -0.2) is 19.6 Å². The Bertz CT molecular complexity index is 1090. The van der Waals surface area contributed by atoms with Gasteiger partial charge in [0.15, 0.2) is 0 Å². The Hall–Kier alpha value is -3.20. The number of fused-ring (bicyclic) bond motifs is 1. The molecule has 6 nitrogen and oxygen atoms in total. The summed E-state index contributed by atoms with van der Waals surface area (Å²) < 4.78 is 3.35. The minimum atomic E-state index is -0.350. The lowest BCUT2D eigenvalue weighted by Crippen LogP contribution is -2.28. The highest BCUT2D eigenvalue weighted by Crippen LogP contribution is 2.28. The summed E-state index contributed by atoms with van der Waals surface area (Å²) in [5, 5.41) is 18.5. The van der Waals surface area contributed by atoms with E-state index in [9.17, 15) is 10.1 Å². The number of rotatable bonds is 3. The maximum absolute atomic E-state index is 12.6. The first-order chi connectivity index (χ1) is 12.6. The van der Waals surface area contributed by atoms with E-state index in [0.717, 1.165) is 30.6 Å². The number of nitriles is 1. The van der Waals surface area contributed by atoms with Crippen LogP contribution in [0.4, 0.5) is 0 Å². The molecule has 0 N–H and O–H groups in total. The number of hydrogen-bond donors (Lipinski definition) is 0. The van der Waals surface area contributed by atoms with Crippen molar-refractivity contribution in [1.29, 1.82) is 5.26 Å². The number of para-hydroxylation sites is 1. The molecule has 0 aliphatic heterocycles. The van der Waals surface area contributed by atoms with E-state index in [-0.39, 0.29) is 17.7 Å². The molecule has 26 heavy (non-hydrogen) atoms. The Morgan fingerprint density at radius 1 is 1.15 bits per heavy atom. The van der Waals surface area contributed by atoms with E-state index in [1.54, 1.807) is 6.92 Å². The third-order valence-electron chi connectivity index (χ3n) is 5.06. The second kappa shape index (κ2) is 6.26. The summed E-state index contributed by atoms with van der Waals surface area (Å²) in [6.07, 6.45) is 3.03. The van der Waals surface area contributed by atoms with Crippen LogP contribution < -0.4 is 5.56 Å². The number of nitrogens with zero attached hydrogens (tertiary/aromatic N) is 5. The molecule has 0 atom stereocenters. The SMILES string of the molecule is Cc1nn(Cc2nn(-c3ccccc3)c3c2CCC3)c(=O)c(C#N)c1C. The van der Waals surface area contributed by atoms with Crippen LogP contribution in [0.5, 0.6) is 0 Å². The zero-order chi connectivity index (χ0) is 18.3. The molecule has 0 unspecified atom stereocenters. The Morgan fingerprint density at radius 2 is 1.92 bits per heavy atom. The normalized spacial score (nSPS) is 12.8. The van der Waals surface area contributed by atoms with Gasteiger partial charge >= 0.3 is 0 Å². The molecule has 3 aromatic rings. The van der Waals surface area contributed by atoms with Crippen LogP contribution in [0, 0.1) is 25.2 Å². The van der Waals surface area contributed by atoms with Gasteiger partial charge in [-0.1, -0.05) is 18.2 Å². The minimum absolute atomic E-state index is 0.164. The van der Waals surface area contributed by atoms with Crippen molar-refractivity contribution in [3.8, 4) is 11.8 Å². The lowest BCUT2D eigenvalue weighted by Gasteiger charge is -2.08. The molecule has 1 aliphatic carbocycles. The average Bonchev–Trinajstić information content (AvgIpc) is 3.25.